The zero-order chi connectivity index (χ0) is 13.8. The third-order valence-electron chi connectivity index (χ3n) is 4.49. The molecule has 2 bridgehead atoms. The van der Waals surface area contributed by atoms with E-state index >= 15 is 0 Å². The Labute approximate surface area is 110 Å². The molecule has 4 nitrogen and oxygen atoms in total. The van der Waals surface area contributed by atoms with Crippen LogP contribution in [0.2, 0.25) is 0 Å². The van der Waals surface area contributed by atoms with Gasteiger partial charge in [0.15, 0.2) is 0 Å². The first-order chi connectivity index (χ1) is 8.92. The second-order valence-electron chi connectivity index (χ2n) is 5.81. The minimum Gasteiger partial charge on any atom is -0.465 e. The lowest BCUT2D eigenvalue weighted by molar-refractivity contribution is 0.0514. The summed E-state index contributed by atoms with van der Waals surface area (Å²) in [5, 5.41) is 19.7. The average Bonchev–Trinajstić information content (AvgIpc) is 2.76. The van der Waals surface area contributed by atoms with Gasteiger partial charge in [-0.3, -0.25) is 4.90 Å². The number of rotatable bonds is 2. The fourth-order valence-electron chi connectivity index (χ4n) is 3.72. The minimum absolute atomic E-state index is 0.166. The summed E-state index contributed by atoms with van der Waals surface area (Å²) < 4.78 is 13.2. The Morgan fingerprint density at radius 3 is 2.79 bits per heavy atom. The number of carbonyl (C=O) groups is 1. The number of benzene rings is 1. The lowest BCUT2D eigenvalue weighted by Gasteiger charge is -2.37. The molecule has 1 aromatic carbocycles. The largest absolute Gasteiger partial charge is 0.465 e. The van der Waals surface area contributed by atoms with Gasteiger partial charge in [-0.25, -0.2) is 9.18 Å². The number of hydrogen-bond acceptors (Lipinski definition) is 2. The van der Waals surface area contributed by atoms with E-state index in [1.54, 1.807) is 6.07 Å². The Morgan fingerprint density at radius 2 is 2.21 bits per heavy atom. The molecule has 2 saturated heterocycles. The van der Waals surface area contributed by atoms with Crippen LogP contribution in [0.5, 0.6) is 0 Å². The summed E-state index contributed by atoms with van der Waals surface area (Å²) in [5.41, 5.74) is 0.0718. The number of nitrogens with zero attached hydrogens (tertiary/aromatic N) is 1. The molecule has 2 atom stereocenters. The third kappa shape index (κ3) is 1.72. The summed E-state index contributed by atoms with van der Waals surface area (Å²) in [6, 6.07) is 5.26. The molecule has 19 heavy (non-hydrogen) atoms. The molecular weight excluding hydrogens is 249 g/mol. The van der Waals surface area contributed by atoms with Gasteiger partial charge in [-0.15, -0.1) is 0 Å². The highest BCUT2D eigenvalue weighted by Crippen LogP contribution is 2.57. The Morgan fingerprint density at radius 1 is 1.53 bits per heavy atom. The minimum atomic E-state index is -1.01. The fourth-order valence-corrected chi connectivity index (χ4v) is 3.72. The summed E-state index contributed by atoms with van der Waals surface area (Å²) >= 11 is 0. The Kier molecular flexibility index (Phi) is 2.57. The molecule has 2 aliphatic heterocycles. The molecule has 0 unspecified atom stereocenters. The van der Waals surface area contributed by atoms with E-state index in [4.69, 9.17) is 0 Å². The molecule has 1 aliphatic carbocycles. The van der Waals surface area contributed by atoms with Crippen LogP contribution in [0.1, 0.15) is 31.4 Å². The first kappa shape index (κ1) is 12.4. The highest BCUT2D eigenvalue weighted by molar-refractivity contribution is 5.68. The highest BCUT2D eigenvalue weighted by Gasteiger charge is 2.62. The smallest absolute Gasteiger partial charge is 0.408 e. The van der Waals surface area contributed by atoms with E-state index in [9.17, 15) is 19.4 Å². The van der Waals surface area contributed by atoms with Crippen LogP contribution in [0.3, 0.4) is 0 Å². The molecule has 1 aromatic rings. The van der Waals surface area contributed by atoms with Crippen LogP contribution in [0.15, 0.2) is 24.3 Å². The van der Waals surface area contributed by atoms with Crippen molar-refractivity contribution in [1.82, 2.24) is 4.90 Å². The van der Waals surface area contributed by atoms with Crippen molar-refractivity contribution in [3.05, 3.63) is 35.6 Å². The van der Waals surface area contributed by atoms with E-state index in [1.807, 2.05) is 6.92 Å². The molecular formula is C14H16FNO3. The van der Waals surface area contributed by atoms with Gasteiger partial charge in [-0.2, -0.15) is 0 Å². The van der Waals surface area contributed by atoms with Crippen LogP contribution >= 0.6 is 0 Å². The Balaban J connectivity index is 1.92. The van der Waals surface area contributed by atoms with E-state index < -0.39 is 24.1 Å². The summed E-state index contributed by atoms with van der Waals surface area (Å²) in [6.45, 7) is 1.90. The van der Waals surface area contributed by atoms with E-state index in [2.05, 4.69) is 0 Å². The summed E-state index contributed by atoms with van der Waals surface area (Å²) in [6.07, 6.45) is -0.434. The quantitative estimate of drug-likeness (QED) is 0.863. The first-order valence-electron chi connectivity index (χ1n) is 6.38. The van der Waals surface area contributed by atoms with Crippen LogP contribution < -0.4 is 0 Å². The van der Waals surface area contributed by atoms with E-state index in [0.717, 1.165) is 12.8 Å². The Bertz CT molecular complexity index is 527. The predicted octanol–water partition coefficient (Wildman–Crippen LogP) is 2.39. The molecule has 0 spiro atoms. The summed E-state index contributed by atoms with van der Waals surface area (Å²) in [4.78, 5) is 12.8. The number of amides is 1. The van der Waals surface area contributed by atoms with Gasteiger partial charge in [0, 0.05) is 5.54 Å². The maximum absolute atomic E-state index is 13.2. The maximum Gasteiger partial charge on any atom is 0.408 e. The molecule has 4 rings (SSSR count). The van der Waals surface area contributed by atoms with Gasteiger partial charge >= 0.3 is 6.09 Å². The molecule has 1 saturated carbocycles. The zero-order valence-electron chi connectivity index (χ0n) is 10.6. The number of halogens is 1. The van der Waals surface area contributed by atoms with Gasteiger partial charge in [-0.05, 0) is 43.4 Å². The van der Waals surface area contributed by atoms with Crippen LogP contribution in [0, 0.1) is 11.7 Å². The van der Waals surface area contributed by atoms with Gasteiger partial charge in [-0.1, -0.05) is 12.1 Å². The van der Waals surface area contributed by atoms with Crippen molar-refractivity contribution in [2.75, 3.05) is 0 Å². The molecule has 2 heterocycles. The van der Waals surface area contributed by atoms with Gasteiger partial charge in [0.1, 0.15) is 5.82 Å². The van der Waals surface area contributed by atoms with E-state index in [0.29, 0.717) is 5.56 Å². The lowest BCUT2D eigenvalue weighted by atomic mass is 9.72. The SMILES string of the molecule is CC12CC(C1)[C@H]([C@H](O)c1cccc(F)c1)N2C(=O)O. The van der Waals surface area contributed by atoms with Crippen LogP contribution in [-0.4, -0.2) is 32.8 Å². The van der Waals surface area contributed by atoms with Crippen LogP contribution in [0.25, 0.3) is 0 Å². The first-order valence-corrected chi connectivity index (χ1v) is 6.38. The topological polar surface area (TPSA) is 60.8 Å². The van der Waals surface area contributed by atoms with Gasteiger partial charge in [0.25, 0.3) is 0 Å². The second kappa shape index (κ2) is 3.93. The summed E-state index contributed by atoms with van der Waals surface area (Å²) in [5.74, 6) is -0.255. The van der Waals surface area contributed by atoms with Crippen molar-refractivity contribution in [2.45, 2.75) is 37.5 Å². The molecule has 5 heteroatoms. The molecule has 3 aliphatic rings. The average molecular weight is 265 g/mol. The van der Waals surface area contributed by atoms with Gasteiger partial charge in [0.2, 0.25) is 0 Å². The molecule has 1 amide bonds. The zero-order valence-corrected chi connectivity index (χ0v) is 10.6. The molecule has 0 aromatic heterocycles. The number of aliphatic hydroxyl groups excluding tert-OH is 1. The standard InChI is InChI=1S/C14H16FNO3/c1-14-6-9(7-14)11(16(14)13(18)19)12(17)8-3-2-4-10(15)5-8/h2-5,9,11-12,17H,6-7H2,1H3,(H,18,19)/t9?,11-,12-,14?/m1/s1. The van der Waals surface area contributed by atoms with Crippen molar-refractivity contribution >= 4 is 6.09 Å². The van der Waals surface area contributed by atoms with Gasteiger partial charge in [0.05, 0.1) is 12.1 Å². The van der Waals surface area contributed by atoms with Crippen LogP contribution in [0.4, 0.5) is 9.18 Å². The van der Waals surface area contributed by atoms with Crippen molar-refractivity contribution in [1.29, 1.82) is 0 Å². The fraction of sp³-hybridized carbons (Fsp3) is 0.500. The molecule has 0 radical (unpaired) electrons. The second-order valence-corrected chi connectivity index (χ2v) is 5.81. The predicted molar refractivity (Wildman–Crippen MR) is 66.1 cm³/mol. The normalized spacial score (nSPS) is 33.9. The monoisotopic (exact) mass is 265 g/mol. The maximum atomic E-state index is 13.2. The van der Waals surface area contributed by atoms with Crippen molar-refractivity contribution in [3.8, 4) is 0 Å². The molecule has 102 valence electrons. The van der Waals surface area contributed by atoms with Crippen molar-refractivity contribution < 1.29 is 19.4 Å². The van der Waals surface area contributed by atoms with E-state index in [-0.39, 0.29) is 11.5 Å². The highest BCUT2D eigenvalue weighted by atomic mass is 19.1. The van der Waals surface area contributed by atoms with Gasteiger partial charge < -0.3 is 10.2 Å². The summed E-state index contributed by atoms with van der Waals surface area (Å²) in [7, 11) is 0. The number of aliphatic hydroxyl groups is 1. The van der Waals surface area contributed by atoms with Crippen molar-refractivity contribution in [2.24, 2.45) is 5.92 Å². The molecule has 2 N–H and O–H groups in total. The molecule has 3 fully saturated rings. The van der Waals surface area contributed by atoms with Crippen LogP contribution in [-0.2, 0) is 0 Å². The number of fused-ring (bicyclic) bond motifs is 1. The number of carboxylic acid groups (broad SMARTS) is 1. The number of hydrogen-bond donors (Lipinski definition) is 2. The van der Waals surface area contributed by atoms with Crippen molar-refractivity contribution in [3.63, 3.8) is 0 Å². The third-order valence-corrected chi connectivity index (χ3v) is 4.49. The van der Waals surface area contributed by atoms with E-state index in [1.165, 1.54) is 23.1 Å². The Hall–Kier alpha value is -1.62. The lowest BCUT2D eigenvalue weighted by Crippen LogP contribution is -2.47.